The number of amides is 2. The number of aromatic nitrogens is 1. The molecule has 98 valence electrons. The SMILES string of the molecule is O=C(Nc1cncc(Br)c1)N[C@H](CCO)C(=O)O. The number of hydrogen-bond donors (Lipinski definition) is 4. The molecule has 4 N–H and O–H groups in total. The second kappa shape index (κ2) is 6.92. The average Bonchev–Trinajstić information content (AvgIpc) is 2.28. The van der Waals surface area contributed by atoms with E-state index >= 15 is 0 Å². The van der Waals surface area contributed by atoms with E-state index in [-0.39, 0.29) is 13.0 Å². The van der Waals surface area contributed by atoms with Gasteiger partial charge in [0.05, 0.1) is 11.9 Å². The largest absolute Gasteiger partial charge is 0.480 e. The zero-order valence-corrected chi connectivity index (χ0v) is 10.8. The molecule has 0 aliphatic carbocycles. The molecule has 0 spiro atoms. The first kappa shape index (κ1) is 14.4. The second-order valence-electron chi connectivity index (χ2n) is 3.39. The number of carbonyl (C=O) groups is 2. The highest BCUT2D eigenvalue weighted by molar-refractivity contribution is 9.10. The number of carboxylic acid groups (broad SMARTS) is 1. The highest BCUT2D eigenvalue weighted by Crippen LogP contribution is 2.13. The summed E-state index contributed by atoms with van der Waals surface area (Å²) in [6, 6.07) is -0.181. The highest BCUT2D eigenvalue weighted by Gasteiger charge is 2.19. The van der Waals surface area contributed by atoms with Gasteiger partial charge >= 0.3 is 12.0 Å². The third kappa shape index (κ3) is 4.68. The lowest BCUT2D eigenvalue weighted by molar-refractivity contribution is -0.139. The van der Waals surface area contributed by atoms with Crippen molar-refractivity contribution in [2.45, 2.75) is 12.5 Å². The van der Waals surface area contributed by atoms with E-state index in [0.717, 1.165) is 0 Å². The Kier molecular flexibility index (Phi) is 5.53. The Balaban J connectivity index is 2.57. The molecular formula is C10H12BrN3O4. The number of rotatable bonds is 5. The first-order chi connectivity index (χ1) is 8.52. The minimum absolute atomic E-state index is 0.0561. The van der Waals surface area contributed by atoms with Crippen molar-refractivity contribution in [2.75, 3.05) is 11.9 Å². The van der Waals surface area contributed by atoms with Gasteiger partial charge in [-0.2, -0.15) is 0 Å². The summed E-state index contributed by atoms with van der Waals surface area (Å²) in [6.07, 6.45) is 2.92. The van der Waals surface area contributed by atoms with E-state index in [0.29, 0.717) is 10.2 Å². The monoisotopic (exact) mass is 317 g/mol. The Labute approximate surface area is 111 Å². The molecule has 1 aromatic rings. The first-order valence-corrected chi connectivity index (χ1v) is 5.84. The summed E-state index contributed by atoms with van der Waals surface area (Å²) in [5.74, 6) is -1.20. The summed E-state index contributed by atoms with van der Waals surface area (Å²) < 4.78 is 0.686. The van der Waals surface area contributed by atoms with Gasteiger partial charge in [0.2, 0.25) is 0 Å². The zero-order valence-electron chi connectivity index (χ0n) is 9.26. The Morgan fingerprint density at radius 2 is 2.17 bits per heavy atom. The molecule has 0 bridgehead atoms. The quantitative estimate of drug-likeness (QED) is 0.642. The van der Waals surface area contributed by atoms with Crippen LogP contribution in [0.4, 0.5) is 10.5 Å². The van der Waals surface area contributed by atoms with Crippen LogP contribution in [0.3, 0.4) is 0 Å². The summed E-state index contributed by atoms with van der Waals surface area (Å²) in [5, 5.41) is 22.1. The van der Waals surface area contributed by atoms with E-state index in [1.807, 2.05) is 0 Å². The van der Waals surface area contributed by atoms with Crippen molar-refractivity contribution in [3.8, 4) is 0 Å². The van der Waals surface area contributed by atoms with Crippen LogP contribution in [0.2, 0.25) is 0 Å². The number of hydrogen-bond acceptors (Lipinski definition) is 4. The van der Waals surface area contributed by atoms with Gasteiger partial charge in [-0.15, -0.1) is 0 Å². The van der Waals surface area contributed by atoms with Crippen LogP contribution in [0.15, 0.2) is 22.9 Å². The smallest absolute Gasteiger partial charge is 0.326 e. The van der Waals surface area contributed by atoms with Gasteiger partial charge in [-0.3, -0.25) is 4.98 Å². The molecule has 1 heterocycles. The predicted octanol–water partition coefficient (Wildman–Crippen LogP) is 0.801. The maximum atomic E-state index is 11.5. The van der Waals surface area contributed by atoms with Crippen molar-refractivity contribution >= 4 is 33.6 Å². The molecule has 1 rings (SSSR count). The second-order valence-corrected chi connectivity index (χ2v) is 4.31. The fourth-order valence-electron chi connectivity index (χ4n) is 1.19. The minimum atomic E-state index is -1.20. The topological polar surface area (TPSA) is 112 Å². The van der Waals surface area contributed by atoms with Gasteiger partial charge in [-0.25, -0.2) is 9.59 Å². The van der Waals surface area contributed by atoms with Crippen molar-refractivity contribution in [1.29, 1.82) is 0 Å². The van der Waals surface area contributed by atoms with Gasteiger partial charge in [0.1, 0.15) is 6.04 Å². The average molecular weight is 318 g/mol. The molecule has 0 saturated carbocycles. The number of nitrogens with one attached hydrogen (secondary N) is 2. The number of carboxylic acids is 1. The van der Waals surface area contributed by atoms with E-state index in [1.165, 1.54) is 6.20 Å². The predicted molar refractivity (Wildman–Crippen MR) is 67.2 cm³/mol. The fraction of sp³-hybridized carbons (Fsp3) is 0.300. The van der Waals surface area contributed by atoms with Crippen LogP contribution in [0, 0.1) is 0 Å². The Hall–Kier alpha value is -1.67. The molecule has 18 heavy (non-hydrogen) atoms. The number of carbonyl (C=O) groups excluding carboxylic acids is 1. The number of anilines is 1. The van der Waals surface area contributed by atoms with E-state index in [1.54, 1.807) is 12.3 Å². The van der Waals surface area contributed by atoms with Crippen molar-refractivity contribution in [1.82, 2.24) is 10.3 Å². The highest BCUT2D eigenvalue weighted by atomic mass is 79.9. The number of halogens is 1. The molecular weight excluding hydrogens is 306 g/mol. The number of urea groups is 1. The van der Waals surface area contributed by atoms with E-state index in [9.17, 15) is 9.59 Å². The summed E-state index contributed by atoms with van der Waals surface area (Å²) in [7, 11) is 0. The maximum absolute atomic E-state index is 11.5. The third-order valence-corrected chi connectivity index (χ3v) is 2.42. The number of aliphatic hydroxyl groups excluding tert-OH is 1. The lowest BCUT2D eigenvalue weighted by atomic mass is 10.2. The summed E-state index contributed by atoms with van der Waals surface area (Å²) in [4.78, 5) is 26.1. The molecule has 7 nitrogen and oxygen atoms in total. The van der Waals surface area contributed by atoms with Crippen LogP contribution in [0.5, 0.6) is 0 Å². The molecule has 0 unspecified atom stereocenters. The molecule has 0 aromatic carbocycles. The minimum Gasteiger partial charge on any atom is -0.480 e. The van der Waals surface area contributed by atoms with Crippen LogP contribution in [0.25, 0.3) is 0 Å². The summed E-state index contributed by atoms with van der Waals surface area (Å²) in [6.45, 7) is -0.324. The van der Waals surface area contributed by atoms with Crippen LogP contribution >= 0.6 is 15.9 Å². The lowest BCUT2D eigenvalue weighted by Gasteiger charge is -2.13. The lowest BCUT2D eigenvalue weighted by Crippen LogP contribution is -2.43. The van der Waals surface area contributed by atoms with Crippen LogP contribution in [-0.2, 0) is 4.79 Å². The number of aliphatic hydroxyl groups is 1. The van der Waals surface area contributed by atoms with E-state index in [2.05, 4.69) is 31.5 Å². The van der Waals surface area contributed by atoms with Crippen molar-refractivity contribution < 1.29 is 19.8 Å². The summed E-state index contributed by atoms with van der Waals surface area (Å²) >= 11 is 3.19. The standard InChI is InChI=1S/C10H12BrN3O4/c11-6-3-7(5-12-4-6)13-10(18)14-8(1-2-15)9(16)17/h3-5,8,15H,1-2H2,(H,16,17)(H2,13,14,18)/t8-/m1/s1. The molecule has 2 amide bonds. The van der Waals surface area contributed by atoms with E-state index < -0.39 is 18.0 Å². The number of pyridine rings is 1. The Bertz CT molecular complexity index is 441. The van der Waals surface area contributed by atoms with Crippen LogP contribution in [0.1, 0.15) is 6.42 Å². The van der Waals surface area contributed by atoms with Gasteiger partial charge in [0.25, 0.3) is 0 Å². The molecule has 0 aliphatic rings. The number of aliphatic carboxylic acids is 1. The van der Waals surface area contributed by atoms with Crippen molar-refractivity contribution in [2.24, 2.45) is 0 Å². The van der Waals surface area contributed by atoms with Gasteiger partial charge in [-0.05, 0) is 22.0 Å². The molecule has 1 atom stereocenters. The number of nitrogens with zero attached hydrogens (tertiary/aromatic N) is 1. The van der Waals surface area contributed by atoms with Crippen LogP contribution < -0.4 is 10.6 Å². The Morgan fingerprint density at radius 1 is 1.44 bits per heavy atom. The van der Waals surface area contributed by atoms with Gasteiger partial charge in [-0.1, -0.05) is 0 Å². The molecule has 0 saturated heterocycles. The van der Waals surface area contributed by atoms with Gasteiger partial charge in [0, 0.05) is 23.7 Å². The molecule has 0 fully saturated rings. The van der Waals surface area contributed by atoms with Crippen LogP contribution in [-0.4, -0.2) is 39.8 Å². The molecule has 1 aromatic heterocycles. The normalized spacial score (nSPS) is 11.7. The fourth-order valence-corrected chi connectivity index (χ4v) is 1.56. The third-order valence-electron chi connectivity index (χ3n) is 1.98. The Morgan fingerprint density at radius 3 is 2.72 bits per heavy atom. The van der Waals surface area contributed by atoms with Crippen molar-refractivity contribution in [3.63, 3.8) is 0 Å². The van der Waals surface area contributed by atoms with Gasteiger partial charge < -0.3 is 20.8 Å². The molecule has 0 aliphatic heterocycles. The molecule has 0 radical (unpaired) electrons. The van der Waals surface area contributed by atoms with E-state index in [4.69, 9.17) is 10.2 Å². The zero-order chi connectivity index (χ0) is 13.5. The first-order valence-electron chi connectivity index (χ1n) is 5.04. The molecule has 8 heteroatoms. The summed E-state index contributed by atoms with van der Waals surface area (Å²) in [5.41, 5.74) is 0.426. The van der Waals surface area contributed by atoms with Gasteiger partial charge in [0.15, 0.2) is 0 Å². The van der Waals surface area contributed by atoms with Crippen molar-refractivity contribution in [3.05, 3.63) is 22.9 Å². The maximum Gasteiger partial charge on any atom is 0.326 e.